The number of halogens is 2. The van der Waals surface area contributed by atoms with Gasteiger partial charge in [-0.2, -0.15) is 0 Å². The van der Waals surface area contributed by atoms with Crippen LogP contribution < -0.4 is 9.47 Å². The Bertz CT molecular complexity index is 1360. The van der Waals surface area contributed by atoms with E-state index >= 15 is 8.78 Å². The second-order valence-corrected chi connectivity index (χ2v) is 10.1. The molecule has 5 rings (SSSR count). The average Bonchev–Trinajstić information content (AvgIpc) is 3.30. The summed E-state index contributed by atoms with van der Waals surface area (Å²) < 4.78 is 42.8. The fourth-order valence-corrected chi connectivity index (χ4v) is 5.24. The quantitative estimate of drug-likeness (QED) is 0.396. The van der Waals surface area contributed by atoms with Crippen LogP contribution in [0.4, 0.5) is 8.78 Å². The molecule has 2 aliphatic heterocycles. The number of aromatic hydroxyl groups is 2. The third-order valence-corrected chi connectivity index (χ3v) is 7.33. The fourth-order valence-electron chi connectivity index (χ4n) is 5.24. The van der Waals surface area contributed by atoms with Gasteiger partial charge in [0.15, 0.2) is 17.7 Å². The molecule has 1 saturated heterocycles. The van der Waals surface area contributed by atoms with Gasteiger partial charge in [0.1, 0.15) is 29.7 Å². The van der Waals surface area contributed by atoms with Crippen LogP contribution in [0.25, 0.3) is 11.1 Å². The van der Waals surface area contributed by atoms with E-state index in [1.807, 2.05) is 13.8 Å². The second kappa shape index (κ2) is 10.1. The predicted octanol–water partition coefficient (Wildman–Crippen LogP) is 6.55. The molecule has 0 amide bonds. The summed E-state index contributed by atoms with van der Waals surface area (Å²) in [7, 11) is 0. The number of nitrogens with zero attached hydrogens (tertiary/aromatic N) is 1. The minimum absolute atomic E-state index is 0.0164. The molecule has 0 saturated carbocycles. The van der Waals surface area contributed by atoms with Crippen LogP contribution in [0.3, 0.4) is 0 Å². The lowest BCUT2D eigenvalue weighted by Gasteiger charge is -2.31. The highest BCUT2D eigenvalue weighted by molar-refractivity contribution is 5.95. The smallest absolute Gasteiger partial charge is 0.165 e. The number of phenolic OH excluding ortho intramolecular Hbond substituents is 2. The van der Waals surface area contributed by atoms with Gasteiger partial charge in [0.2, 0.25) is 0 Å². The van der Waals surface area contributed by atoms with Crippen molar-refractivity contribution in [2.75, 3.05) is 19.7 Å². The van der Waals surface area contributed by atoms with Crippen LogP contribution in [-0.2, 0) is 0 Å². The van der Waals surface area contributed by atoms with Gasteiger partial charge in [0.05, 0.1) is 0 Å². The number of ether oxygens (including phenoxy) is 2. The summed E-state index contributed by atoms with van der Waals surface area (Å²) in [6, 6.07) is 13.5. The molecule has 3 aromatic carbocycles. The zero-order chi connectivity index (χ0) is 26.3. The molecule has 0 bridgehead atoms. The molecule has 1 fully saturated rings. The van der Waals surface area contributed by atoms with Gasteiger partial charge in [-0.3, -0.25) is 4.90 Å². The maximum atomic E-state index is 15.6. The lowest BCUT2D eigenvalue weighted by Crippen LogP contribution is -2.35. The Kier molecular flexibility index (Phi) is 6.82. The Morgan fingerprint density at radius 2 is 1.84 bits per heavy atom. The Balaban J connectivity index is 1.49. The molecule has 5 nitrogen and oxygen atoms in total. The second-order valence-electron chi connectivity index (χ2n) is 10.1. The Morgan fingerprint density at radius 3 is 2.57 bits per heavy atom. The molecule has 2 N–H and O–H groups in total. The highest BCUT2D eigenvalue weighted by Crippen LogP contribution is 2.48. The van der Waals surface area contributed by atoms with Crippen molar-refractivity contribution in [3.05, 3.63) is 82.9 Å². The van der Waals surface area contributed by atoms with Gasteiger partial charge in [0.25, 0.3) is 0 Å². The van der Waals surface area contributed by atoms with E-state index in [1.165, 1.54) is 12.1 Å². The molecule has 0 aromatic heterocycles. The summed E-state index contributed by atoms with van der Waals surface area (Å²) in [5, 5.41) is 20.1. The van der Waals surface area contributed by atoms with E-state index < -0.39 is 17.7 Å². The number of allylic oxidation sites excluding steroid dienone is 1. The third kappa shape index (κ3) is 5.01. The molecule has 194 valence electrons. The van der Waals surface area contributed by atoms with Crippen LogP contribution in [-0.4, -0.2) is 40.9 Å². The summed E-state index contributed by atoms with van der Waals surface area (Å²) in [4.78, 5) is 2.30. The standard InChI is InChI=1S/C30H31F2NO4/c1-17-9-10-33(15-17)18(2)16-36-28-14-25(31)24(13-26(28)32)30-29(20-5-4-6-21(34)11-20)19(3)23-12-22(35)7-8-27(23)37-30/h4-8,11-14,17-18,30,34-35H,9-10,15-16H2,1-3H3. The van der Waals surface area contributed by atoms with Gasteiger partial charge >= 0.3 is 0 Å². The molecule has 37 heavy (non-hydrogen) atoms. The Hall–Kier alpha value is -3.58. The largest absolute Gasteiger partial charge is 0.508 e. The lowest BCUT2D eigenvalue weighted by atomic mass is 9.86. The minimum Gasteiger partial charge on any atom is -0.508 e. The van der Waals surface area contributed by atoms with Crippen LogP contribution in [0, 0.1) is 17.6 Å². The molecule has 2 heterocycles. The zero-order valence-corrected chi connectivity index (χ0v) is 21.2. The van der Waals surface area contributed by atoms with Crippen LogP contribution in [0.5, 0.6) is 23.0 Å². The molecule has 0 spiro atoms. The predicted molar refractivity (Wildman–Crippen MR) is 139 cm³/mol. The van der Waals surface area contributed by atoms with Crippen molar-refractivity contribution in [3.8, 4) is 23.0 Å². The van der Waals surface area contributed by atoms with Gasteiger partial charge in [-0.25, -0.2) is 8.78 Å². The first-order valence-corrected chi connectivity index (χ1v) is 12.6. The number of rotatable bonds is 6. The molecule has 0 aliphatic carbocycles. The Labute approximate surface area is 215 Å². The minimum atomic E-state index is -0.979. The van der Waals surface area contributed by atoms with E-state index in [9.17, 15) is 10.2 Å². The number of fused-ring (bicyclic) bond motifs is 1. The molecule has 0 radical (unpaired) electrons. The monoisotopic (exact) mass is 507 g/mol. The van der Waals surface area contributed by atoms with Crippen LogP contribution in [0.1, 0.15) is 50.0 Å². The summed E-state index contributed by atoms with van der Waals surface area (Å²) >= 11 is 0. The molecule has 3 unspecified atom stereocenters. The molecule has 2 aliphatic rings. The molecular weight excluding hydrogens is 476 g/mol. The number of hydrogen-bond acceptors (Lipinski definition) is 5. The zero-order valence-electron chi connectivity index (χ0n) is 21.2. The van der Waals surface area contributed by atoms with Gasteiger partial charge in [-0.15, -0.1) is 0 Å². The topological polar surface area (TPSA) is 62.2 Å². The first kappa shape index (κ1) is 25.1. The number of hydrogen-bond donors (Lipinski definition) is 2. The van der Waals surface area contributed by atoms with Crippen LogP contribution in [0.15, 0.2) is 54.6 Å². The van der Waals surface area contributed by atoms with Gasteiger partial charge < -0.3 is 19.7 Å². The molecule has 3 atom stereocenters. The van der Waals surface area contributed by atoms with E-state index in [4.69, 9.17) is 9.47 Å². The summed E-state index contributed by atoms with van der Waals surface area (Å²) in [5.74, 6) is -0.304. The van der Waals surface area contributed by atoms with E-state index in [0.717, 1.165) is 37.2 Å². The van der Waals surface area contributed by atoms with Crippen LogP contribution in [0.2, 0.25) is 0 Å². The SMILES string of the molecule is CC1=C(c2cccc(O)c2)C(c2cc(F)c(OCC(C)N3CCC(C)C3)cc2F)Oc2ccc(O)cc21. The first-order chi connectivity index (χ1) is 17.7. The number of phenols is 2. The van der Waals surface area contributed by atoms with E-state index in [0.29, 0.717) is 28.4 Å². The maximum Gasteiger partial charge on any atom is 0.165 e. The lowest BCUT2D eigenvalue weighted by molar-refractivity contribution is 0.164. The van der Waals surface area contributed by atoms with E-state index in [2.05, 4.69) is 11.8 Å². The van der Waals surface area contributed by atoms with Crippen LogP contribution >= 0.6 is 0 Å². The molecular formula is C30H31F2NO4. The highest BCUT2D eigenvalue weighted by atomic mass is 19.1. The van der Waals surface area contributed by atoms with E-state index in [1.54, 1.807) is 30.3 Å². The average molecular weight is 508 g/mol. The van der Waals surface area contributed by atoms with Crippen molar-refractivity contribution in [3.63, 3.8) is 0 Å². The van der Waals surface area contributed by atoms with Crippen molar-refractivity contribution in [2.24, 2.45) is 5.92 Å². The van der Waals surface area contributed by atoms with Crippen molar-refractivity contribution in [1.82, 2.24) is 4.90 Å². The highest BCUT2D eigenvalue weighted by Gasteiger charge is 2.33. The van der Waals surface area contributed by atoms with Gasteiger partial charge in [0, 0.05) is 35.4 Å². The summed E-state index contributed by atoms with van der Waals surface area (Å²) in [5.41, 5.74) is 2.55. The third-order valence-electron chi connectivity index (χ3n) is 7.33. The number of likely N-dealkylation sites (tertiary alicyclic amines) is 1. The molecule has 3 aromatic rings. The van der Waals surface area contributed by atoms with Crippen molar-refractivity contribution in [2.45, 2.75) is 39.3 Å². The van der Waals surface area contributed by atoms with Crippen molar-refractivity contribution >= 4 is 11.1 Å². The van der Waals surface area contributed by atoms with Crippen molar-refractivity contribution < 1.29 is 28.5 Å². The van der Waals surface area contributed by atoms with Crippen molar-refractivity contribution in [1.29, 1.82) is 0 Å². The van der Waals surface area contributed by atoms with Gasteiger partial charge in [-0.05, 0) is 80.3 Å². The van der Waals surface area contributed by atoms with Gasteiger partial charge in [-0.1, -0.05) is 19.1 Å². The molecule has 7 heteroatoms. The first-order valence-electron chi connectivity index (χ1n) is 12.6. The Morgan fingerprint density at radius 1 is 1.05 bits per heavy atom. The summed E-state index contributed by atoms with van der Waals surface area (Å²) in [6.07, 6.45) is 0.146. The summed E-state index contributed by atoms with van der Waals surface area (Å²) in [6.45, 7) is 8.27. The maximum absolute atomic E-state index is 15.6. The normalized spacial score (nSPS) is 20.5. The van der Waals surface area contributed by atoms with E-state index in [-0.39, 0.29) is 35.5 Å². The fraction of sp³-hybridized carbons (Fsp3) is 0.333. The number of benzene rings is 3.